The maximum absolute atomic E-state index is 5.28. The molecule has 0 saturated carbocycles. The fraction of sp³-hybridized carbons (Fsp3) is 0.625. The third kappa shape index (κ3) is 3.74. The number of ether oxygens (including phenoxy) is 1. The van der Waals surface area contributed by atoms with E-state index in [1.54, 1.807) is 7.11 Å². The molecule has 3 atom stereocenters. The van der Waals surface area contributed by atoms with Crippen molar-refractivity contribution in [2.24, 2.45) is 0 Å². The van der Waals surface area contributed by atoms with Crippen LogP contribution in [0.4, 0.5) is 0 Å². The second kappa shape index (κ2) is 6.92. The van der Waals surface area contributed by atoms with Gasteiger partial charge in [-0.15, -0.1) is 0 Å². The van der Waals surface area contributed by atoms with Gasteiger partial charge in [-0.25, -0.2) is 0 Å². The first-order valence-electron chi connectivity index (χ1n) is 7.31. The third-order valence-electron chi connectivity index (χ3n) is 4.37. The number of piperidine rings is 1. The van der Waals surface area contributed by atoms with E-state index in [4.69, 9.17) is 4.74 Å². The summed E-state index contributed by atoms with van der Waals surface area (Å²) in [5.41, 5.74) is 1.30. The number of halogens is 1. The fourth-order valence-corrected chi connectivity index (χ4v) is 3.40. The molecule has 0 bridgehead atoms. The standard InChI is InChI=1S/C16H25BrN2O/c1-11-9-14(7-8-19(11)3)18-12(2)13-5-6-16(20-4)15(17)10-13/h5-6,10-12,14,18H,7-9H2,1-4H3. The van der Waals surface area contributed by atoms with Crippen LogP contribution in [0.15, 0.2) is 22.7 Å². The van der Waals surface area contributed by atoms with Gasteiger partial charge in [0.05, 0.1) is 11.6 Å². The van der Waals surface area contributed by atoms with Crippen LogP contribution in [0, 0.1) is 0 Å². The Morgan fingerprint density at radius 1 is 1.45 bits per heavy atom. The highest BCUT2D eigenvalue weighted by atomic mass is 79.9. The van der Waals surface area contributed by atoms with E-state index in [0.717, 1.165) is 10.2 Å². The predicted octanol–water partition coefficient (Wildman–Crippen LogP) is 3.59. The van der Waals surface area contributed by atoms with Gasteiger partial charge in [0.25, 0.3) is 0 Å². The van der Waals surface area contributed by atoms with E-state index in [1.807, 2.05) is 6.07 Å². The quantitative estimate of drug-likeness (QED) is 0.906. The number of methoxy groups -OCH3 is 1. The van der Waals surface area contributed by atoms with Crippen molar-refractivity contribution in [3.05, 3.63) is 28.2 Å². The highest BCUT2D eigenvalue weighted by molar-refractivity contribution is 9.10. The number of nitrogens with one attached hydrogen (secondary N) is 1. The summed E-state index contributed by atoms with van der Waals surface area (Å²) in [5, 5.41) is 3.76. The molecule has 0 aromatic heterocycles. The van der Waals surface area contributed by atoms with Crippen LogP contribution >= 0.6 is 15.9 Å². The average molecular weight is 341 g/mol. The SMILES string of the molecule is COc1ccc(C(C)NC2CCN(C)C(C)C2)cc1Br. The number of nitrogens with zero attached hydrogens (tertiary/aromatic N) is 1. The minimum absolute atomic E-state index is 0.359. The summed E-state index contributed by atoms with van der Waals surface area (Å²) in [5.74, 6) is 0.883. The van der Waals surface area contributed by atoms with Crippen LogP contribution in [0.3, 0.4) is 0 Å². The Bertz CT molecular complexity index is 452. The Kier molecular flexibility index (Phi) is 5.47. The number of benzene rings is 1. The predicted molar refractivity (Wildman–Crippen MR) is 87.4 cm³/mol. The summed E-state index contributed by atoms with van der Waals surface area (Å²) < 4.78 is 6.30. The zero-order valence-electron chi connectivity index (χ0n) is 12.8. The van der Waals surface area contributed by atoms with Gasteiger partial charge in [-0.1, -0.05) is 6.07 Å². The van der Waals surface area contributed by atoms with Gasteiger partial charge in [-0.2, -0.15) is 0 Å². The summed E-state index contributed by atoms with van der Waals surface area (Å²) in [6, 6.07) is 7.94. The van der Waals surface area contributed by atoms with Crippen LogP contribution in [-0.4, -0.2) is 37.7 Å². The molecule has 0 amide bonds. The normalized spacial score (nSPS) is 25.4. The van der Waals surface area contributed by atoms with E-state index in [0.29, 0.717) is 18.1 Å². The summed E-state index contributed by atoms with van der Waals surface area (Å²) in [7, 11) is 3.91. The zero-order valence-corrected chi connectivity index (χ0v) is 14.4. The molecule has 1 aliphatic heterocycles. The average Bonchev–Trinajstić information content (AvgIpc) is 2.42. The minimum atomic E-state index is 0.359. The van der Waals surface area contributed by atoms with Gasteiger partial charge in [0.2, 0.25) is 0 Å². The number of rotatable bonds is 4. The van der Waals surface area contributed by atoms with Crippen molar-refractivity contribution in [2.75, 3.05) is 20.7 Å². The Labute approximate surface area is 130 Å². The maximum Gasteiger partial charge on any atom is 0.133 e. The number of likely N-dealkylation sites (tertiary alicyclic amines) is 1. The molecule has 1 aliphatic rings. The van der Waals surface area contributed by atoms with Crippen LogP contribution < -0.4 is 10.1 Å². The molecule has 3 nitrogen and oxygen atoms in total. The molecule has 2 rings (SSSR count). The Morgan fingerprint density at radius 2 is 2.20 bits per heavy atom. The van der Waals surface area contributed by atoms with Gasteiger partial charge in [0, 0.05) is 18.1 Å². The summed E-state index contributed by atoms with van der Waals surface area (Å²) in [6.07, 6.45) is 2.45. The first-order chi connectivity index (χ1) is 9.51. The topological polar surface area (TPSA) is 24.5 Å². The summed E-state index contributed by atoms with van der Waals surface area (Å²) in [6.45, 7) is 5.72. The molecule has 0 aliphatic carbocycles. The largest absolute Gasteiger partial charge is 0.496 e. The summed E-state index contributed by atoms with van der Waals surface area (Å²) in [4.78, 5) is 2.44. The van der Waals surface area contributed by atoms with Crippen LogP contribution in [0.1, 0.15) is 38.3 Å². The van der Waals surface area contributed by atoms with E-state index in [2.05, 4.69) is 59.2 Å². The Balaban J connectivity index is 1.98. The van der Waals surface area contributed by atoms with Gasteiger partial charge in [-0.05, 0) is 73.9 Å². The minimum Gasteiger partial charge on any atom is -0.496 e. The van der Waals surface area contributed by atoms with E-state index in [-0.39, 0.29) is 0 Å². The van der Waals surface area contributed by atoms with Crippen LogP contribution in [0.5, 0.6) is 5.75 Å². The lowest BCUT2D eigenvalue weighted by Crippen LogP contribution is -2.46. The molecular formula is C16H25BrN2O. The molecule has 1 aromatic carbocycles. The van der Waals surface area contributed by atoms with Gasteiger partial charge < -0.3 is 15.0 Å². The van der Waals surface area contributed by atoms with Crippen LogP contribution in [0.25, 0.3) is 0 Å². The molecule has 1 fully saturated rings. The van der Waals surface area contributed by atoms with E-state index >= 15 is 0 Å². The smallest absolute Gasteiger partial charge is 0.133 e. The molecule has 1 N–H and O–H groups in total. The lowest BCUT2D eigenvalue weighted by Gasteiger charge is -2.36. The molecule has 1 aromatic rings. The van der Waals surface area contributed by atoms with Crippen molar-refractivity contribution in [3.8, 4) is 5.75 Å². The van der Waals surface area contributed by atoms with Crippen molar-refractivity contribution in [1.82, 2.24) is 10.2 Å². The van der Waals surface area contributed by atoms with Crippen molar-refractivity contribution < 1.29 is 4.74 Å². The highest BCUT2D eigenvalue weighted by Crippen LogP contribution is 2.28. The second-order valence-electron chi connectivity index (χ2n) is 5.83. The molecule has 0 radical (unpaired) electrons. The first kappa shape index (κ1) is 15.8. The van der Waals surface area contributed by atoms with E-state index in [1.165, 1.54) is 24.9 Å². The second-order valence-corrected chi connectivity index (χ2v) is 6.69. The number of hydrogen-bond acceptors (Lipinski definition) is 3. The van der Waals surface area contributed by atoms with Crippen molar-refractivity contribution in [3.63, 3.8) is 0 Å². The van der Waals surface area contributed by atoms with Gasteiger partial charge in [-0.3, -0.25) is 0 Å². The zero-order chi connectivity index (χ0) is 14.7. The van der Waals surface area contributed by atoms with Crippen molar-refractivity contribution in [2.45, 2.75) is 44.8 Å². The van der Waals surface area contributed by atoms with E-state index < -0.39 is 0 Å². The fourth-order valence-electron chi connectivity index (χ4n) is 2.84. The van der Waals surface area contributed by atoms with Gasteiger partial charge in [0.15, 0.2) is 0 Å². The molecule has 20 heavy (non-hydrogen) atoms. The van der Waals surface area contributed by atoms with Crippen molar-refractivity contribution >= 4 is 15.9 Å². The molecule has 1 saturated heterocycles. The van der Waals surface area contributed by atoms with E-state index in [9.17, 15) is 0 Å². The summed E-state index contributed by atoms with van der Waals surface area (Å²) >= 11 is 3.56. The molecule has 112 valence electrons. The van der Waals surface area contributed by atoms with Crippen molar-refractivity contribution in [1.29, 1.82) is 0 Å². The highest BCUT2D eigenvalue weighted by Gasteiger charge is 2.24. The lowest BCUT2D eigenvalue weighted by atomic mass is 9.97. The van der Waals surface area contributed by atoms with Crippen LogP contribution in [-0.2, 0) is 0 Å². The van der Waals surface area contributed by atoms with Gasteiger partial charge in [0.1, 0.15) is 5.75 Å². The number of hydrogen-bond donors (Lipinski definition) is 1. The Hall–Kier alpha value is -0.580. The monoisotopic (exact) mass is 340 g/mol. The lowest BCUT2D eigenvalue weighted by molar-refractivity contribution is 0.163. The Morgan fingerprint density at radius 3 is 2.80 bits per heavy atom. The molecular weight excluding hydrogens is 316 g/mol. The molecule has 0 spiro atoms. The third-order valence-corrected chi connectivity index (χ3v) is 4.99. The molecule has 4 heteroatoms. The molecule has 1 heterocycles. The van der Waals surface area contributed by atoms with Crippen LogP contribution in [0.2, 0.25) is 0 Å². The maximum atomic E-state index is 5.28. The first-order valence-corrected chi connectivity index (χ1v) is 8.10. The molecule has 3 unspecified atom stereocenters. The van der Waals surface area contributed by atoms with Gasteiger partial charge >= 0.3 is 0 Å².